The lowest BCUT2D eigenvalue weighted by Crippen LogP contribution is -2.31. The van der Waals surface area contributed by atoms with E-state index in [1.165, 1.54) is 31.4 Å². The van der Waals surface area contributed by atoms with Crippen LogP contribution in [0.25, 0.3) is 0 Å². The van der Waals surface area contributed by atoms with Gasteiger partial charge in [0.15, 0.2) is 0 Å². The second kappa shape index (κ2) is 7.79. The van der Waals surface area contributed by atoms with Gasteiger partial charge in [-0.1, -0.05) is 12.1 Å². The molecule has 0 radical (unpaired) electrons. The number of hydrogen-bond acceptors (Lipinski definition) is 6. The van der Waals surface area contributed by atoms with Crippen LogP contribution in [0, 0.1) is 0 Å². The zero-order valence-electron chi connectivity index (χ0n) is 14.1. The van der Waals surface area contributed by atoms with E-state index in [1.807, 2.05) is 6.07 Å². The van der Waals surface area contributed by atoms with Crippen molar-refractivity contribution in [3.8, 4) is 0 Å². The van der Waals surface area contributed by atoms with Crippen molar-refractivity contribution in [2.45, 2.75) is 30.6 Å². The van der Waals surface area contributed by atoms with Crippen LogP contribution in [0.3, 0.4) is 0 Å². The Morgan fingerprint density at radius 2 is 1.80 bits per heavy atom. The minimum Gasteiger partial charge on any atom is -0.370 e. The third kappa shape index (κ3) is 4.90. The summed E-state index contributed by atoms with van der Waals surface area (Å²) in [6.07, 6.45) is 6.19. The monoisotopic (exact) mass is 361 g/mol. The molecule has 0 spiro atoms. The van der Waals surface area contributed by atoms with Crippen molar-refractivity contribution in [1.82, 2.24) is 9.97 Å². The zero-order valence-corrected chi connectivity index (χ0v) is 14.9. The van der Waals surface area contributed by atoms with Crippen LogP contribution in [0.5, 0.6) is 0 Å². The van der Waals surface area contributed by atoms with Gasteiger partial charge in [-0.15, -0.1) is 0 Å². The smallest absolute Gasteiger partial charge is 0.238 e. The number of aromatic nitrogens is 2. The average Bonchev–Trinajstić information content (AvgIpc) is 2.62. The van der Waals surface area contributed by atoms with Gasteiger partial charge in [-0.25, -0.2) is 18.5 Å². The van der Waals surface area contributed by atoms with Crippen molar-refractivity contribution in [2.75, 3.05) is 29.9 Å². The van der Waals surface area contributed by atoms with E-state index in [0.717, 1.165) is 36.8 Å². The largest absolute Gasteiger partial charge is 0.370 e. The Morgan fingerprint density at radius 1 is 1.08 bits per heavy atom. The van der Waals surface area contributed by atoms with E-state index in [4.69, 9.17) is 5.14 Å². The van der Waals surface area contributed by atoms with Crippen LogP contribution >= 0.6 is 0 Å². The molecule has 2 aromatic rings. The lowest BCUT2D eigenvalue weighted by Gasteiger charge is -2.26. The molecule has 1 aliphatic heterocycles. The summed E-state index contributed by atoms with van der Waals surface area (Å²) >= 11 is 0. The van der Waals surface area contributed by atoms with Crippen LogP contribution in [0.2, 0.25) is 0 Å². The van der Waals surface area contributed by atoms with Crippen LogP contribution in [0.1, 0.15) is 24.8 Å². The first-order valence-electron chi connectivity index (χ1n) is 8.46. The molecule has 2 heterocycles. The van der Waals surface area contributed by atoms with Gasteiger partial charge in [-0.3, -0.25) is 0 Å². The molecular weight excluding hydrogens is 338 g/mol. The molecule has 0 unspecified atom stereocenters. The Labute approximate surface area is 148 Å². The Kier molecular flexibility index (Phi) is 5.50. The lowest BCUT2D eigenvalue weighted by molar-refractivity contribution is 0.568. The topological polar surface area (TPSA) is 101 Å². The van der Waals surface area contributed by atoms with E-state index in [9.17, 15) is 8.42 Å². The molecule has 7 nitrogen and oxygen atoms in total. The fraction of sp³-hybridized carbons (Fsp3) is 0.412. The van der Waals surface area contributed by atoms with Crippen molar-refractivity contribution < 1.29 is 8.42 Å². The molecule has 0 aliphatic carbocycles. The van der Waals surface area contributed by atoms with Gasteiger partial charge in [0.1, 0.15) is 5.82 Å². The summed E-state index contributed by atoms with van der Waals surface area (Å²) in [5, 5.41) is 8.40. The number of nitrogens with two attached hydrogens (primary N) is 1. The van der Waals surface area contributed by atoms with E-state index < -0.39 is 10.0 Å². The number of piperidine rings is 1. The van der Waals surface area contributed by atoms with Crippen LogP contribution in [0.4, 0.5) is 11.8 Å². The minimum absolute atomic E-state index is 0.131. The summed E-state index contributed by atoms with van der Waals surface area (Å²) in [5.74, 6) is 1.58. The molecule has 3 N–H and O–H groups in total. The summed E-state index contributed by atoms with van der Waals surface area (Å²) in [4.78, 5) is 11.3. The fourth-order valence-electron chi connectivity index (χ4n) is 2.87. The molecule has 25 heavy (non-hydrogen) atoms. The molecule has 1 saturated heterocycles. The minimum atomic E-state index is -3.64. The Balaban J connectivity index is 1.55. The molecule has 134 valence electrons. The summed E-state index contributed by atoms with van der Waals surface area (Å²) in [6.45, 7) is 2.73. The standard InChI is InChI=1S/C17H23N5O2S/c18-25(23,24)15-6-4-14(5-7-15)8-10-19-16-9-11-20-17(21-16)22-12-2-1-3-13-22/h4-7,9,11H,1-3,8,10,12-13H2,(H2,18,23,24)(H,19,20,21). The number of primary sulfonamides is 1. The van der Waals surface area contributed by atoms with Crippen molar-refractivity contribution in [3.05, 3.63) is 42.1 Å². The SMILES string of the molecule is NS(=O)(=O)c1ccc(CCNc2ccnc(N3CCCCC3)n2)cc1. The highest BCUT2D eigenvalue weighted by Gasteiger charge is 2.13. The first-order chi connectivity index (χ1) is 12.0. The van der Waals surface area contributed by atoms with E-state index in [-0.39, 0.29) is 4.90 Å². The Morgan fingerprint density at radius 3 is 2.48 bits per heavy atom. The number of rotatable bonds is 6. The average molecular weight is 361 g/mol. The summed E-state index contributed by atoms with van der Waals surface area (Å²) in [6, 6.07) is 8.48. The van der Waals surface area contributed by atoms with Crippen molar-refractivity contribution in [1.29, 1.82) is 0 Å². The number of hydrogen-bond donors (Lipinski definition) is 2. The van der Waals surface area contributed by atoms with Crippen LogP contribution < -0.4 is 15.4 Å². The van der Waals surface area contributed by atoms with Gasteiger partial charge in [-0.05, 0) is 49.4 Å². The highest BCUT2D eigenvalue weighted by atomic mass is 32.2. The summed E-state index contributed by atoms with van der Waals surface area (Å²) in [7, 11) is -3.64. The van der Waals surface area contributed by atoms with Gasteiger partial charge in [0.05, 0.1) is 4.90 Å². The van der Waals surface area contributed by atoms with Gasteiger partial charge in [0, 0.05) is 25.8 Å². The molecule has 0 bridgehead atoms. The van der Waals surface area contributed by atoms with E-state index in [2.05, 4.69) is 20.2 Å². The van der Waals surface area contributed by atoms with Crippen molar-refractivity contribution in [3.63, 3.8) is 0 Å². The first kappa shape index (κ1) is 17.6. The molecule has 0 atom stereocenters. The van der Waals surface area contributed by atoms with Gasteiger partial charge >= 0.3 is 0 Å². The number of anilines is 2. The second-order valence-corrected chi connectivity index (χ2v) is 7.72. The Bertz CT molecular complexity index is 802. The second-order valence-electron chi connectivity index (χ2n) is 6.16. The molecule has 1 aliphatic rings. The van der Waals surface area contributed by atoms with Gasteiger partial charge in [0.2, 0.25) is 16.0 Å². The van der Waals surface area contributed by atoms with Crippen LogP contribution in [-0.4, -0.2) is 38.0 Å². The van der Waals surface area contributed by atoms with Crippen molar-refractivity contribution in [2.24, 2.45) is 5.14 Å². The normalized spacial score (nSPS) is 15.2. The summed E-state index contributed by atoms with van der Waals surface area (Å²) < 4.78 is 22.5. The predicted molar refractivity (Wildman–Crippen MR) is 98.1 cm³/mol. The van der Waals surface area contributed by atoms with E-state index >= 15 is 0 Å². The lowest BCUT2D eigenvalue weighted by atomic mass is 10.1. The zero-order chi connectivity index (χ0) is 17.7. The molecule has 1 fully saturated rings. The summed E-state index contributed by atoms with van der Waals surface area (Å²) in [5.41, 5.74) is 1.03. The van der Waals surface area contributed by atoms with E-state index in [0.29, 0.717) is 6.54 Å². The molecule has 3 rings (SSSR count). The predicted octanol–water partition coefficient (Wildman–Crippen LogP) is 1.77. The highest BCUT2D eigenvalue weighted by molar-refractivity contribution is 7.89. The molecular formula is C17H23N5O2S. The third-order valence-electron chi connectivity index (χ3n) is 4.25. The van der Waals surface area contributed by atoms with E-state index in [1.54, 1.807) is 18.3 Å². The Hall–Kier alpha value is -2.19. The number of benzene rings is 1. The van der Waals surface area contributed by atoms with Crippen LogP contribution in [-0.2, 0) is 16.4 Å². The number of nitrogens with zero attached hydrogens (tertiary/aromatic N) is 3. The quantitative estimate of drug-likeness (QED) is 0.813. The molecule has 1 aromatic carbocycles. The molecule has 0 amide bonds. The van der Waals surface area contributed by atoms with Gasteiger partial charge in [0.25, 0.3) is 0 Å². The molecule has 0 saturated carbocycles. The molecule has 8 heteroatoms. The van der Waals surface area contributed by atoms with Crippen LogP contribution in [0.15, 0.2) is 41.4 Å². The van der Waals surface area contributed by atoms with Crippen molar-refractivity contribution >= 4 is 21.8 Å². The number of nitrogens with one attached hydrogen (secondary N) is 1. The highest BCUT2D eigenvalue weighted by Crippen LogP contribution is 2.17. The maximum Gasteiger partial charge on any atom is 0.238 e. The number of sulfonamides is 1. The maximum atomic E-state index is 11.3. The van der Waals surface area contributed by atoms with Gasteiger partial charge < -0.3 is 10.2 Å². The maximum absolute atomic E-state index is 11.3. The van der Waals surface area contributed by atoms with Gasteiger partial charge in [-0.2, -0.15) is 4.98 Å². The third-order valence-corrected chi connectivity index (χ3v) is 5.18. The first-order valence-corrected chi connectivity index (χ1v) is 10.0. The molecule has 1 aromatic heterocycles. The fourth-order valence-corrected chi connectivity index (χ4v) is 3.39.